The third-order valence-corrected chi connectivity index (χ3v) is 4.96. The quantitative estimate of drug-likeness (QED) is 0.509. The van der Waals surface area contributed by atoms with Crippen molar-refractivity contribution in [2.45, 2.75) is 41.5 Å². The first-order valence-electron chi connectivity index (χ1n) is 8.90. The largest absolute Gasteiger partial charge is 0.497 e. The summed E-state index contributed by atoms with van der Waals surface area (Å²) in [6.07, 6.45) is 0. The molecule has 2 aromatic heterocycles. The molecule has 27 heavy (non-hydrogen) atoms. The number of benzene rings is 1. The van der Waals surface area contributed by atoms with Crippen LogP contribution in [0.5, 0.6) is 5.75 Å². The highest BCUT2D eigenvalue weighted by Crippen LogP contribution is 2.34. The average molecular weight is 366 g/mol. The number of fused-ring (bicyclic) bond motifs is 1. The topological polar surface area (TPSA) is 61.5 Å². The van der Waals surface area contributed by atoms with Gasteiger partial charge in [0, 0.05) is 5.69 Å². The Hall–Kier alpha value is -2.89. The summed E-state index contributed by atoms with van der Waals surface area (Å²) in [5.74, 6) is 1.56. The van der Waals surface area contributed by atoms with Crippen LogP contribution >= 0.6 is 0 Å². The van der Waals surface area contributed by atoms with Crippen molar-refractivity contribution in [3.8, 4) is 11.4 Å². The number of aryl methyl sites for hydroxylation is 4. The van der Waals surface area contributed by atoms with Gasteiger partial charge in [-0.1, -0.05) is 5.16 Å². The van der Waals surface area contributed by atoms with E-state index >= 15 is 0 Å². The van der Waals surface area contributed by atoms with Gasteiger partial charge in [-0.25, -0.2) is 9.97 Å². The van der Waals surface area contributed by atoms with E-state index in [0.29, 0.717) is 5.82 Å². The fourth-order valence-corrected chi connectivity index (χ4v) is 3.67. The molecule has 0 saturated carbocycles. The van der Waals surface area contributed by atoms with E-state index in [-0.39, 0.29) is 0 Å². The van der Waals surface area contributed by atoms with Gasteiger partial charge in [-0.15, -0.1) is 0 Å². The van der Waals surface area contributed by atoms with Crippen molar-refractivity contribution in [2.75, 3.05) is 14.2 Å². The van der Waals surface area contributed by atoms with Crippen molar-refractivity contribution in [1.29, 1.82) is 0 Å². The van der Waals surface area contributed by atoms with Crippen LogP contribution in [-0.4, -0.2) is 34.5 Å². The van der Waals surface area contributed by atoms with Gasteiger partial charge in [-0.05, 0) is 70.4 Å². The SMILES string of the molecule is CO/N=C(\C)c1nc(C)nc2c1c(C)c(C)n2-c1c(C)cc(OC)cc1C. The van der Waals surface area contributed by atoms with E-state index < -0.39 is 0 Å². The maximum absolute atomic E-state index is 5.42. The minimum absolute atomic E-state index is 0.700. The lowest BCUT2D eigenvalue weighted by molar-refractivity contribution is 0.213. The summed E-state index contributed by atoms with van der Waals surface area (Å²) in [6, 6.07) is 4.10. The van der Waals surface area contributed by atoms with Crippen LogP contribution in [0.25, 0.3) is 16.7 Å². The van der Waals surface area contributed by atoms with Gasteiger partial charge >= 0.3 is 0 Å². The zero-order valence-corrected chi connectivity index (χ0v) is 17.3. The molecule has 0 aliphatic carbocycles. The fraction of sp³-hybridized carbons (Fsp3) is 0.381. The summed E-state index contributed by atoms with van der Waals surface area (Å²) >= 11 is 0. The molecule has 0 bridgehead atoms. The molecule has 3 aromatic rings. The highest BCUT2D eigenvalue weighted by atomic mass is 16.6. The van der Waals surface area contributed by atoms with E-state index in [1.807, 2.05) is 13.8 Å². The minimum atomic E-state index is 0.700. The molecule has 0 spiro atoms. The number of ether oxygens (including phenoxy) is 1. The molecule has 1 aromatic carbocycles. The first-order chi connectivity index (χ1) is 12.8. The molecule has 0 aliphatic rings. The normalized spacial score (nSPS) is 11.9. The molecule has 0 aliphatic heterocycles. The highest BCUT2D eigenvalue weighted by molar-refractivity contribution is 6.08. The van der Waals surface area contributed by atoms with Gasteiger partial charge in [0.05, 0.1) is 18.2 Å². The van der Waals surface area contributed by atoms with Crippen molar-refractivity contribution in [3.05, 3.63) is 46.0 Å². The number of oxime groups is 1. The third kappa shape index (κ3) is 3.05. The monoisotopic (exact) mass is 366 g/mol. The summed E-state index contributed by atoms with van der Waals surface area (Å²) in [7, 11) is 3.23. The molecule has 0 fully saturated rings. The van der Waals surface area contributed by atoms with Crippen molar-refractivity contribution in [1.82, 2.24) is 14.5 Å². The van der Waals surface area contributed by atoms with Crippen LogP contribution in [0.2, 0.25) is 0 Å². The molecule has 0 N–H and O–H groups in total. The number of nitrogens with zero attached hydrogens (tertiary/aromatic N) is 4. The lowest BCUT2D eigenvalue weighted by Crippen LogP contribution is -2.07. The molecule has 0 amide bonds. The molecule has 6 heteroatoms. The van der Waals surface area contributed by atoms with Crippen LogP contribution < -0.4 is 4.74 Å². The Morgan fingerprint density at radius 2 is 1.63 bits per heavy atom. The number of rotatable bonds is 4. The van der Waals surface area contributed by atoms with E-state index in [2.05, 4.69) is 54.5 Å². The highest BCUT2D eigenvalue weighted by Gasteiger charge is 2.22. The Kier molecular flexibility index (Phi) is 4.91. The molecule has 0 radical (unpaired) electrons. The van der Waals surface area contributed by atoms with Crippen molar-refractivity contribution in [3.63, 3.8) is 0 Å². The second kappa shape index (κ2) is 7.02. The molecule has 0 atom stereocenters. The Labute approximate surface area is 159 Å². The van der Waals surface area contributed by atoms with Crippen LogP contribution in [0.4, 0.5) is 0 Å². The molecule has 0 unspecified atom stereocenters. The Bertz CT molecular complexity index is 1040. The van der Waals surface area contributed by atoms with Crippen LogP contribution in [0.1, 0.15) is 40.8 Å². The van der Waals surface area contributed by atoms with E-state index in [9.17, 15) is 0 Å². The molecule has 3 rings (SSSR count). The lowest BCUT2D eigenvalue weighted by atomic mass is 10.1. The van der Waals surface area contributed by atoms with Crippen LogP contribution in [0.3, 0.4) is 0 Å². The predicted molar refractivity (Wildman–Crippen MR) is 108 cm³/mol. The Morgan fingerprint density at radius 1 is 1.00 bits per heavy atom. The average Bonchev–Trinajstić information content (AvgIpc) is 2.85. The predicted octanol–water partition coefficient (Wildman–Crippen LogP) is 4.34. The number of aromatic nitrogens is 3. The zero-order chi connectivity index (χ0) is 19.9. The lowest BCUT2D eigenvalue weighted by Gasteiger charge is -2.16. The third-order valence-electron chi connectivity index (χ3n) is 4.96. The standard InChI is InChI=1S/C21H26N4O2/c1-11-9-17(26-7)10-12(2)20(11)25-15(5)13(3)18-19(14(4)24-27-8)22-16(6)23-21(18)25/h9-10H,1-8H3/b24-14+. The van der Waals surface area contributed by atoms with Gasteiger partial charge in [0.1, 0.15) is 35.7 Å². The number of hydrogen-bond acceptors (Lipinski definition) is 5. The van der Waals surface area contributed by atoms with E-state index in [0.717, 1.165) is 56.3 Å². The number of methoxy groups -OCH3 is 1. The second-order valence-corrected chi connectivity index (χ2v) is 6.83. The van der Waals surface area contributed by atoms with E-state index in [1.54, 1.807) is 14.2 Å². The van der Waals surface area contributed by atoms with Crippen molar-refractivity contribution < 1.29 is 9.57 Å². The summed E-state index contributed by atoms with van der Waals surface area (Å²) in [5, 5.41) is 5.10. The minimum Gasteiger partial charge on any atom is -0.497 e. The fourth-order valence-electron chi connectivity index (χ4n) is 3.67. The maximum Gasteiger partial charge on any atom is 0.149 e. The first-order valence-corrected chi connectivity index (χ1v) is 8.90. The summed E-state index contributed by atoms with van der Waals surface area (Å²) in [6.45, 7) is 12.2. The van der Waals surface area contributed by atoms with E-state index in [4.69, 9.17) is 14.6 Å². The first kappa shape index (κ1) is 18.9. The maximum atomic E-state index is 5.42. The molecular weight excluding hydrogens is 340 g/mol. The van der Waals surface area contributed by atoms with Crippen LogP contribution in [-0.2, 0) is 4.84 Å². The van der Waals surface area contributed by atoms with Gasteiger partial charge in [0.2, 0.25) is 0 Å². The molecule has 142 valence electrons. The van der Waals surface area contributed by atoms with Gasteiger partial charge in [0.15, 0.2) is 0 Å². The second-order valence-electron chi connectivity index (χ2n) is 6.83. The molecule has 6 nitrogen and oxygen atoms in total. The smallest absolute Gasteiger partial charge is 0.149 e. The van der Waals surface area contributed by atoms with Gasteiger partial charge in [-0.2, -0.15) is 0 Å². The van der Waals surface area contributed by atoms with Crippen molar-refractivity contribution in [2.24, 2.45) is 5.16 Å². The van der Waals surface area contributed by atoms with Crippen LogP contribution in [0.15, 0.2) is 17.3 Å². The summed E-state index contributed by atoms with van der Waals surface area (Å²) in [4.78, 5) is 14.4. The van der Waals surface area contributed by atoms with Gasteiger partial charge in [-0.3, -0.25) is 4.57 Å². The van der Waals surface area contributed by atoms with Crippen LogP contribution in [0, 0.1) is 34.6 Å². The molecular formula is C21H26N4O2. The van der Waals surface area contributed by atoms with Crippen molar-refractivity contribution >= 4 is 16.7 Å². The Morgan fingerprint density at radius 3 is 2.19 bits per heavy atom. The van der Waals surface area contributed by atoms with Gasteiger partial charge < -0.3 is 9.57 Å². The summed E-state index contributed by atoms with van der Waals surface area (Å²) in [5.41, 5.74) is 8.08. The van der Waals surface area contributed by atoms with Gasteiger partial charge in [0.25, 0.3) is 0 Å². The number of hydrogen-bond donors (Lipinski definition) is 0. The Balaban J connectivity index is 2.44. The summed E-state index contributed by atoms with van der Waals surface area (Å²) < 4.78 is 7.64. The van der Waals surface area contributed by atoms with E-state index in [1.165, 1.54) is 0 Å². The zero-order valence-electron chi connectivity index (χ0n) is 17.3. The molecule has 2 heterocycles. The molecule has 0 saturated heterocycles.